The third-order valence-corrected chi connectivity index (χ3v) is 2.25. The van der Waals surface area contributed by atoms with Crippen LogP contribution in [-0.2, 0) is 38.1 Å². The first-order valence-corrected chi connectivity index (χ1v) is 6.80. The summed E-state index contributed by atoms with van der Waals surface area (Å²) in [5.41, 5.74) is 0. The van der Waals surface area contributed by atoms with Crippen LogP contribution in [0.1, 0.15) is 12.8 Å². The van der Waals surface area contributed by atoms with Crippen molar-refractivity contribution < 1.29 is 48.3 Å². The van der Waals surface area contributed by atoms with Gasteiger partial charge in [-0.2, -0.15) is 0 Å². The number of rotatable bonds is 15. The molecule has 10 heteroatoms. The van der Waals surface area contributed by atoms with E-state index in [1.807, 2.05) is 0 Å². The summed E-state index contributed by atoms with van der Waals surface area (Å²) < 4.78 is 19.6. The summed E-state index contributed by atoms with van der Waals surface area (Å²) in [4.78, 5) is 42.2. The van der Waals surface area contributed by atoms with Crippen molar-refractivity contribution >= 4 is 23.7 Å². The number of hydrogen-bond donors (Lipinski definition) is 2. The van der Waals surface area contributed by atoms with Crippen molar-refractivity contribution in [2.24, 2.45) is 0 Å². The van der Waals surface area contributed by atoms with Crippen molar-refractivity contribution in [1.82, 2.24) is 0 Å². The maximum Gasteiger partial charge on any atom is 0.372 e. The molecule has 0 unspecified atom stereocenters. The average molecular weight is 336 g/mol. The van der Waals surface area contributed by atoms with Crippen LogP contribution in [0.25, 0.3) is 0 Å². The van der Waals surface area contributed by atoms with Crippen molar-refractivity contribution in [3.8, 4) is 0 Å². The van der Waals surface area contributed by atoms with Gasteiger partial charge in [-0.3, -0.25) is 9.59 Å². The number of aliphatic carboxylic acids is 2. The Morgan fingerprint density at radius 1 is 0.696 bits per heavy atom. The number of carboxylic acids is 2. The van der Waals surface area contributed by atoms with Gasteiger partial charge in [0.25, 0.3) is 0 Å². The van der Waals surface area contributed by atoms with Crippen LogP contribution in [0.4, 0.5) is 0 Å². The fraction of sp³-hybridized carbons (Fsp3) is 0.692. The maximum absolute atomic E-state index is 11.2. The van der Waals surface area contributed by atoms with E-state index in [1.54, 1.807) is 0 Å². The van der Waals surface area contributed by atoms with Gasteiger partial charge < -0.3 is 29.2 Å². The summed E-state index contributed by atoms with van der Waals surface area (Å²) in [5, 5.41) is 16.6. The van der Waals surface area contributed by atoms with Gasteiger partial charge in [0.15, 0.2) is 0 Å². The van der Waals surface area contributed by atoms with E-state index in [9.17, 15) is 19.2 Å². The second-order valence-electron chi connectivity index (χ2n) is 4.12. The van der Waals surface area contributed by atoms with Gasteiger partial charge in [0.1, 0.15) is 13.2 Å². The average Bonchev–Trinajstić information content (AvgIpc) is 2.49. The molecule has 23 heavy (non-hydrogen) atoms. The number of carboxylic acid groups (broad SMARTS) is 2. The zero-order valence-corrected chi connectivity index (χ0v) is 12.5. The molecular formula is C13H20O10. The fourth-order valence-corrected chi connectivity index (χ4v) is 1.21. The lowest BCUT2D eigenvalue weighted by atomic mass is 10.2. The van der Waals surface area contributed by atoms with Crippen molar-refractivity contribution in [2.45, 2.75) is 12.8 Å². The number of esters is 1. The van der Waals surface area contributed by atoms with Crippen LogP contribution in [0.15, 0.2) is 0 Å². The Balaban J connectivity index is 3.29. The molecule has 0 saturated carbocycles. The smallest absolute Gasteiger partial charge is 0.372 e. The molecule has 0 amide bonds. The Bertz CT molecular complexity index is 392. The highest BCUT2D eigenvalue weighted by atomic mass is 16.6. The summed E-state index contributed by atoms with van der Waals surface area (Å²) in [6.45, 7) is 0.691. The van der Waals surface area contributed by atoms with E-state index in [0.717, 1.165) is 0 Å². The molecule has 0 heterocycles. The lowest BCUT2D eigenvalue weighted by Gasteiger charge is -2.07. The topological polar surface area (TPSA) is 146 Å². The molecule has 0 bridgehead atoms. The maximum atomic E-state index is 11.2. The third-order valence-electron chi connectivity index (χ3n) is 2.25. The van der Waals surface area contributed by atoms with Crippen LogP contribution in [0.5, 0.6) is 0 Å². The van der Waals surface area contributed by atoms with E-state index in [-0.39, 0.29) is 52.7 Å². The van der Waals surface area contributed by atoms with Gasteiger partial charge in [0.05, 0.1) is 39.5 Å². The van der Waals surface area contributed by atoms with Crippen LogP contribution in [0.2, 0.25) is 0 Å². The van der Waals surface area contributed by atoms with E-state index in [1.165, 1.54) is 0 Å². The second kappa shape index (κ2) is 13.6. The van der Waals surface area contributed by atoms with Crippen LogP contribution in [0, 0.1) is 0 Å². The van der Waals surface area contributed by atoms with E-state index < -0.39 is 30.1 Å². The summed E-state index contributed by atoms with van der Waals surface area (Å²) >= 11 is 0. The highest BCUT2D eigenvalue weighted by Gasteiger charge is 2.13. The highest BCUT2D eigenvalue weighted by Crippen LogP contribution is 1.95. The van der Waals surface area contributed by atoms with E-state index in [4.69, 9.17) is 29.2 Å². The monoisotopic (exact) mass is 336 g/mol. The van der Waals surface area contributed by atoms with Crippen LogP contribution < -0.4 is 0 Å². The highest BCUT2D eigenvalue weighted by molar-refractivity contribution is 6.32. The second-order valence-corrected chi connectivity index (χ2v) is 4.12. The van der Waals surface area contributed by atoms with Crippen molar-refractivity contribution in [1.29, 1.82) is 0 Å². The Kier molecular flexibility index (Phi) is 12.4. The molecule has 0 radical (unpaired) electrons. The van der Waals surface area contributed by atoms with E-state index in [2.05, 4.69) is 0 Å². The van der Waals surface area contributed by atoms with Gasteiger partial charge >= 0.3 is 17.9 Å². The SMILES string of the molecule is O=C(O)COCCOCCOCCOC(=O)CCC(=O)C(=O)O. The summed E-state index contributed by atoms with van der Waals surface area (Å²) in [6, 6.07) is 0. The van der Waals surface area contributed by atoms with Gasteiger partial charge in [0.2, 0.25) is 5.78 Å². The Labute approximate surface area is 132 Å². The van der Waals surface area contributed by atoms with Gasteiger partial charge in [0, 0.05) is 6.42 Å². The van der Waals surface area contributed by atoms with E-state index >= 15 is 0 Å². The summed E-state index contributed by atoms with van der Waals surface area (Å²) in [7, 11) is 0. The number of carbonyl (C=O) groups is 4. The molecule has 0 aromatic carbocycles. The van der Waals surface area contributed by atoms with Crippen LogP contribution in [0.3, 0.4) is 0 Å². The first-order chi connectivity index (χ1) is 10.9. The number of Topliss-reactive ketones (excluding diaryl/α,β-unsaturated/α-hetero) is 1. The molecule has 0 saturated heterocycles. The molecule has 0 aromatic rings. The number of ether oxygens (including phenoxy) is 4. The molecule has 0 aliphatic heterocycles. The lowest BCUT2D eigenvalue weighted by Crippen LogP contribution is -2.17. The molecule has 0 spiro atoms. The van der Waals surface area contributed by atoms with Gasteiger partial charge in [-0.25, -0.2) is 9.59 Å². The normalized spacial score (nSPS) is 10.3. The molecule has 0 atom stereocenters. The van der Waals surface area contributed by atoms with Gasteiger partial charge in [-0.15, -0.1) is 0 Å². The first kappa shape index (κ1) is 21.0. The molecule has 0 aliphatic carbocycles. The van der Waals surface area contributed by atoms with E-state index in [0.29, 0.717) is 0 Å². The van der Waals surface area contributed by atoms with Crippen LogP contribution in [-0.4, -0.2) is 80.2 Å². The standard InChI is InChI=1S/C13H20O10/c14-10(13(18)19)1-2-12(17)23-8-7-21-4-3-20-5-6-22-9-11(15)16/h1-9H2,(H,15,16)(H,18,19). The van der Waals surface area contributed by atoms with Crippen molar-refractivity contribution in [2.75, 3.05) is 46.2 Å². The van der Waals surface area contributed by atoms with Crippen molar-refractivity contribution in [3.05, 3.63) is 0 Å². The number of carbonyl (C=O) groups excluding carboxylic acids is 2. The Morgan fingerprint density at radius 3 is 1.74 bits per heavy atom. The van der Waals surface area contributed by atoms with Crippen molar-refractivity contribution in [3.63, 3.8) is 0 Å². The third kappa shape index (κ3) is 14.7. The zero-order valence-electron chi connectivity index (χ0n) is 12.5. The van der Waals surface area contributed by atoms with Crippen LogP contribution >= 0.6 is 0 Å². The minimum Gasteiger partial charge on any atom is -0.480 e. The number of ketones is 1. The largest absolute Gasteiger partial charge is 0.480 e. The molecule has 132 valence electrons. The predicted octanol–water partition coefficient (Wildman–Crippen LogP) is -0.902. The van der Waals surface area contributed by atoms with Gasteiger partial charge in [-0.1, -0.05) is 0 Å². The molecule has 0 rings (SSSR count). The number of hydrogen-bond acceptors (Lipinski definition) is 8. The molecule has 10 nitrogen and oxygen atoms in total. The molecular weight excluding hydrogens is 316 g/mol. The molecule has 0 fully saturated rings. The summed E-state index contributed by atoms with van der Waals surface area (Å²) in [5.74, 6) is -4.33. The minimum absolute atomic E-state index is 0.0121. The minimum atomic E-state index is -1.57. The molecule has 0 aromatic heterocycles. The first-order valence-electron chi connectivity index (χ1n) is 6.80. The predicted molar refractivity (Wildman–Crippen MR) is 72.9 cm³/mol. The van der Waals surface area contributed by atoms with Gasteiger partial charge in [-0.05, 0) is 0 Å². The fourth-order valence-electron chi connectivity index (χ4n) is 1.21. The summed E-state index contributed by atoms with van der Waals surface area (Å²) in [6.07, 6.45) is -0.683. The molecule has 2 N–H and O–H groups in total. The Hall–Kier alpha value is -2.04. The quantitative estimate of drug-likeness (QED) is 0.219. The lowest BCUT2D eigenvalue weighted by molar-refractivity contribution is -0.151. The Morgan fingerprint density at radius 2 is 1.22 bits per heavy atom. The molecule has 0 aliphatic rings. The zero-order chi connectivity index (χ0) is 17.5.